The highest BCUT2D eigenvalue weighted by atomic mass is 14.9. The van der Waals surface area contributed by atoms with Crippen LogP contribution in [0.1, 0.15) is 5.56 Å². The van der Waals surface area contributed by atoms with Crippen molar-refractivity contribution in [3.05, 3.63) is 78.9 Å². The van der Waals surface area contributed by atoms with Gasteiger partial charge in [0, 0.05) is 29.6 Å². The Bertz CT molecular complexity index is 1020. The van der Waals surface area contributed by atoms with E-state index in [1.165, 1.54) is 27.6 Å². The second-order valence-electron chi connectivity index (χ2n) is 5.98. The lowest BCUT2D eigenvalue weighted by molar-refractivity contribution is -0.659. The molecule has 0 aliphatic rings. The molecule has 116 valence electrons. The second kappa shape index (κ2) is 5.85. The number of nitrogens with zero attached hydrogens (tertiary/aromatic N) is 3. The molecule has 0 amide bonds. The van der Waals surface area contributed by atoms with E-state index in [0.29, 0.717) is 0 Å². The Hall–Kier alpha value is -3.07. The van der Waals surface area contributed by atoms with Gasteiger partial charge in [-0.3, -0.25) is 9.97 Å². The zero-order valence-electron chi connectivity index (χ0n) is 13.8. The minimum Gasteiger partial charge on any atom is -0.261 e. The van der Waals surface area contributed by atoms with Crippen molar-refractivity contribution in [2.24, 2.45) is 7.05 Å². The van der Waals surface area contributed by atoms with Crippen molar-refractivity contribution in [2.45, 2.75) is 6.92 Å². The van der Waals surface area contributed by atoms with Crippen molar-refractivity contribution >= 4 is 10.8 Å². The van der Waals surface area contributed by atoms with E-state index in [0.717, 1.165) is 11.3 Å². The maximum atomic E-state index is 4.45. The summed E-state index contributed by atoms with van der Waals surface area (Å²) in [6.45, 7) is 2.15. The minimum absolute atomic E-state index is 0.895. The topological polar surface area (TPSA) is 29.7 Å². The van der Waals surface area contributed by atoms with E-state index in [1.54, 1.807) is 12.4 Å². The molecule has 2 aromatic carbocycles. The Balaban J connectivity index is 1.97. The van der Waals surface area contributed by atoms with Gasteiger partial charge in [0.1, 0.15) is 7.05 Å². The van der Waals surface area contributed by atoms with E-state index in [9.17, 15) is 0 Å². The summed E-state index contributed by atoms with van der Waals surface area (Å²) < 4.78 is 2.19. The van der Waals surface area contributed by atoms with Crippen LogP contribution in [0.2, 0.25) is 0 Å². The average Bonchev–Trinajstić information content (AvgIpc) is 2.62. The monoisotopic (exact) mass is 312 g/mol. The van der Waals surface area contributed by atoms with E-state index in [4.69, 9.17) is 0 Å². The Morgan fingerprint density at radius 1 is 0.917 bits per heavy atom. The standard InChI is InChI=1S/C21H18N3/c1-15-6-3-4-8-17(15)21-12-16-7-5-9-18(19(16)14-24(21)2)20-13-22-10-11-23-20/h3-14H,1-2H3/q+1. The van der Waals surface area contributed by atoms with Crippen LogP contribution in [0.25, 0.3) is 33.3 Å². The van der Waals surface area contributed by atoms with Gasteiger partial charge in [-0.1, -0.05) is 36.4 Å². The lowest BCUT2D eigenvalue weighted by Crippen LogP contribution is -2.30. The summed E-state index contributed by atoms with van der Waals surface area (Å²) in [4.78, 5) is 8.65. The fraction of sp³-hybridized carbons (Fsp3) is 0.0952. The Labute approximate surface area is 141 Å². The molecule has 0 bridgehead atoms. The predicted molar refractivity (Wildman–Crippen MR) is 96.3 cm³/mol. The maximum absolute atomic E-state index is 4.45. The number of pyridine rings is 1. The van der Waals surface area contributed by atoms with Gasteiger partial charge in [-0.2, -0.15) is 0 Å². The zero-order chi connectivity index (χ0) is 16.5. The van der Waals surface area contributed by atoms with Crippen LogP contribution in [0.4, 0.5) is 0 Å². The number of aromatic nitrogens is 3. The first-order chi connectivity index (χ1) is 11.7. The van der Waals surface area contributed by atoms with Gasteiger partial charge in [-0.15, -0.1) is 0 Å². The van der Waals surface area contributed by atoms with Gasteiger partial charge in [0.15, 0.2) is 6.20 Å². The van der Waals surface area contributed by atoms with Gasteiger partial charge in [0.25, 0.3) is 0 Å². The molecule has 24 heavy (non-hydrogen) atoms. The molecule has 3 nitrogen and oxygen atoms in total. The second-order valence-corrected chi connectivity index (χ2v) is 5.98. The van der Waals surface area contributed by atoms with Crippen molar-refractivity contribution in [3.8, 4) is 22.5 Å². The summed E-state index contributed by atoms with van der Waals surface area (Å²) in [5.74, 6) is 0. The SMILES string of the molecule is Cc1ccccc1-c1cc2cccc(-c3cnccn3)c2c[n+]1C. The van der Waals surface area contributed by atoms with Crippen LogP contribution in [-0.4, -0.2) is 9.97 Å². The van der Waals surface area contributed by atoms with Crippen molar-refractivity contribution < 1.29 is 4.57 Å². The third kappa shape index (κ3) is 2.44. The quantitative estimate of drug-likeness (QED) is 0.522. The van der Waals surface area contributed by atoms with Crippen molar-refractivity contribution in [1.29, 1.82) is 0 Å². The molecule has 0 radical (unpaired) electrons. The van der Waals surface area contributed by atoms with Crippen LogP contribution in [-0.2, 0) is 7.05 Å². The third-order valence-corrected chi connectivity index (χ3v) is 4.39. The molecule has 0 fully saturated rings. The first-order valence-electron chi connectivity index (χ1n) is 7.99. The van der Waals surface area contributed by atoms with Gasteiger partial charge in [-0.25, -0.2) is 4.57 Å². The van der Waals surface area contributed by atoms with Crippen molar-refractivity contribution in [2.75, 3.05) is 0 Å². The molecular weight excluding hydrogens is 294 g/mol. The summed E-state index contributed by atoms with van der Waals surface area (Å²) in [6.07, 6.45) is 7.42. The number of rotatable bonds is 2. The first kappa shape index (κ1) is 14.5. The van der Waals surface area contributed by atoms with E-state index in [-0.39, 0.29) is 0 Å². The third-order valence-electron chi connectivity index (χ3n) is 4.39. The zero-order valence-corrected chi connectivity index (χ0v) is 13.8. The normalized spacial score (nSPS) is 10.9. The molecule has 0 N–H and O–H groups in total. The van der Waals surface area contributed by atoms with Gasteiger partial charge in [0.2, 0.25) is 5.69 Å². The number of hydrogen-bond acceptors (Lipinski definition) is 2. The minimum atomic E-state index is 0.895. The molecule has 0 atom stereocenters. The molecule has 0 spiro atoms. The largest absolute Gasteiger partial charge is 0.261 e. The highest BCUT2D eigenvalue weighted by Gasteiger charge is 2.16. The number of hydrogen-bond donors (Lipinski definition) is 0. The molecule has 0 aliphatic carbocycles. The molecule has 0 aliphatic heterocycles. The first-order valence-corrected chi connectivity index (χ1v) is 7.99. The Morgan fingerprint density at radius 2 is 1.75 bits per heavy atom. The van der Waals surface area contributed by atoms with E-state index in [2.05, 4.69) is 83.2 Å². The summed E-state index contributed by atoms with van der Waals surface area (Å²) >= 11 is 0. The van der Waals surface area contributed by atoms with Gasteiger partial charge >= 0.3 is 0 Å². The molecule has 0 unspecified atom stereocenters. The Kier molecular flexibility index (Phi) is 3.54. The number of benzene rings is 2. The summed E-state index contributed by atoms with van der Waals surface area (Å²) in [7, 11) is 2.09. The van der Waals surface area contributed by atoms with Crippen LogP contribution in [0.15, 0.2) is 73.3 Å². The van der Waals surface area contributed by atoms with Crippen LogP contribution in [0.5, 0.6) is 0 Å². The number of aryl methyl sites for hydroxylation is 2. The fourth-order valence-corrected chi connectivity index (χ4v) is 3.15. The lowest BCUT2D eigenvalue weighted by Gasteiger charge is -2.08. The van der Waals surface area contributed by atoms with Crippen LogP contribution in [0.3, 0.4) is 0 Å². The average molecular weight is 312 g/mol. The molecule has 2 aromatic heterocycles. The van der Waals surface area contributed by atoms with Crippen LogP contribution in [0, 0.1) is 6.92 Å². The van der Waals surface area contributed by atoms with E-state index >= 15 is 0 Å². The summed E-state index contributed by atoms with van der Waals surface area (Å²) in [5.41, 5.74) is 5.74. The molecule has 0 saturated heterocycles. The smallest absolute Gasteiger partial charge is 0.213 e. The van der Waals surface area contributed by atoms with Gasteiger partial charge in [0.05, 0.1) is 17.3 Å². The van der Waals surface area contributed by atoms with Crippen LogP contribution >= 0.6 is 0 Å². The molecule has 3 heteroatoms. The summed E-state index contributed by atoms with van der Waals surface area (Å²) in [6, 6.07) is 17.1. The van der Waals surface area contributed by atoms with E-state index < -0.39 is 0 Å². The molecule has 4 rings (SSSR count). The Morgan fingerprint density at radius 3 is 2.54 bits per heavy atom. The van der Waals surface area contributed by atoms with Gasteiger partial charge in [-0.05, 0) is 23.9 Å². The van der Waals surface area contributed by atoms with Gasteiger partial charge < -0.3 is 0 Å². The fourth-order valence-electron chi connectivity index (χ4n) is 3.15. The predicted octanol–water partition coefficient (Wildman–Crippen LogP) is 4.10. The molecule has 4 aromatic rings. The van der Waals surface area contributed by atoms with E-state index in [1.807, 2.05) is 6.20 Å². The molecule has 2 heterocycles. The van der Waals surface area contributed by atoms with Crippen molar-refractivity contribution in [1.82, 2.24) is 9.97 Å². The molecule has 0 saturated carbocycles. The highest BCUT2D eigenvalue weighted by molar-refractivity contribution is 5.95. The maximum Gasteiger partial charge on any atom is 0.213 e. The molecular formula is C21H18N3+. The highest BCUT2D eigenvalue weighted by Crippen LogP contribution is 2.29. The number of fused-ring (bicyclic) bond motifs is 1. The lowest BCUT2D eigenvalue weighted by atomic mass is 10.00. The summed E-state index contributed by atoms with van der Waals surface area (Å²) in [5, 5.41) is 2.38. The van der Waals surface area contributed by atoms with Crippen molar-refractivity contribution in [3.63, 3.8) is 0 Å². The van der Waals surface area contributed by atoms with Crippen LogP contribution < -0.4 is 4.57 Å².